The molecule has 0 saturated carbocycles. The molecule has 0 N–H and O–H groups in total. The Bertz CT molecular complexity index is 220. The molecule has 1 unspecified atom stereocenters. The smallest absolute Gasteiger partial charge is 0.205 e. The van der Waals surface area contributed by atoms with Crippen LogP contribution in [0.5, 0.6) is 0 Å². The predicted octanol–water partition coefficient (Wildman–Crippen LogP) is 3.88. The van der Waals surface area contributed by atoms with Gasteiger partial charge in [-0.1, -0.05) is 61.2 Å². The Morgan fingerprint density at radius 1 is 1.12 bits per heavy atom. The van der Waals surface area contributed by atoms with E-state index < -0.39 is 0 Å². The van der Waals surface area contributed by atoms with Crippen molar-refractivity contribution in [1.29, 1.82) is 0 Å². The van der Waals surface area contributed by atoms with Gasteiger partial charge in [0.2, 0.25) is 7.28 Å². The molecule has 0 aliphatic carbocycles. The standard InChI is InChI=1S/C14H29BO/c1-8-9-15-12(16)11(14(5,6)7)10-13(2,3)4/h11,15H,8-10H2,1-7H3. The highest BCUT2D eigenvalue weighted by Gasteiger charge is 2.33. The van der Waals surface area contributed by atoms with Crippen molar-refractivity contribution in [1.82, 2.24) is 0 Å². The molecule has 16 heavy (non-hydrogen) atoms. The molecule has 94 valence electrons. The lowest BCUT2D eigenvalue weighted by Crippen LogP contribution is -2.35. The van der Waals surface area contributed by atoms with Crippen LogP contribution >= 0.6 is 0 Å². The highest BCUT2D eigenvalue weighted by atomic mass is 16.1. The second-order valence-electron chi connectivity index (χ2n) is 7.25. The molecular weight excluding hydrogens is 195 g/mol. The minimum Gasteiger partial charge on any atom is -0.311 e. The van der Waals surface area contributed by atoms with Crippen molar-refractivity contribution < 1.29 is 4.79 Å². The fourth-order valence-corrected chi connectivity index (χ4v) is 2.04. The van der Waals surface area contributed by atoms with Crippen LogP contribution in [0.25, 0.3) is 0 Å². The first-order valence-corrected chi connectivity index (χ1v) is 6.60. The molecule has 0 aromatic rings. The van der Waals surface area contributed by atoms with Crippen molar-refractivity contribution >= 4 is 13.0 Å². The monoisotopic (exact) mass is 224 g/mol. The molecule has 1 nitrogen and oxygen atoms in total. The molecule has 0 heterocycles. The number of rotatable bonds is 5. The number of hydrogen-bond acceptors (Lipinski definition) is 1. The van der Waals surface area contributed by atoms with Gasteiger partial charge in [0.1, 0.15) is 0 Å². The third-order valence-electron chi connectivity index (χ3n) is 3.03. The summed E-state index contributed by atoms with van der Waals surface area (Å²) in [7, 11) is 0.758. The Hall–Kier alpha value is -0.265. The van der Waals surface area contributed by atoms with Crippen LogP contribution in [0.15, 0.2) is 0 Å². The summed E-state index contributed by atoms with van der Waals surface area (Å²) >= 11 is 0. The van der Waals surface area contributed by atoms with E-state index in [4.69, 9.17) is 0 Å². The number of carbonyl (C=O) groups excluding carboxylic acids is 1. The summed E-state index contributed by atoms with van der Waals surface area (Å²) in [4.78, 5) is 12.2. The van der Waals surface area contributed by atoms with Crippen LogP contribution in [0, 0.1) is 16.7 Å². The van der Waals surface area contributed by atoms with Gasteiger partial charge in [-0.3, -0.25) is 0 Å². The average molecular weight is 224 g/mol. The Labute approximate surface area is 103 Å². The fraction of sp³-hybridized carbons (Fsp3) is 0.929. The highest BCUT2D eigenvalue weighted by molar-refractivity contribution is 6.74. The van der Waals surface area contributed by atoms with Crippen LogP contribution in [-0.4, -0.2) is 13.0 Å². The molecule has 0 aliphatic rings. The van der Waals surface area contributed by atoms with E-state index in [0.29, 0.717) is 5.68 Å². The molecule has 1 atom stereocenters. The molecule has 2 heteroatoms. The average Bonchev–Trinajstić information content (AvgIpc) is 2.07. The molecule has 0 aliphatic heterocycles. The zero-order valence-electron chi connectivity index (χ0n) is 12.3. The Morgan fingerprint density at radius 2 is 1.62 bits per heavy atom. The molecule has 0 saturated heterocycles. The molecule has 0 amide bonds. The number of carbonyl (C=O) groups is 1. The van der Waals surface area contributed by atoms with Crippen LogP contribution in [0.1, 0.15) is 61.3 Å². The topological polar surface area (TPSA) is 17.1 Å². The molecule has 0 radical (unpaired) electrons. The van der Waals surface area contributed by atoms with Gasteiger partial charge in [-0.25, -0.2) is 0 Å². The van der Waals surface area contributed by atoms with Crippen molar-refractivity contribution in [2.45, 2.75) is 67.6 Å². The lowest BCUT2D eigenvalue weighted by Gasteiger charge is -2.34. The van der Waals surface area contributed by atoms with Gasteiger partial charge in [-0.05, 0) is 17.3 Å². The second kappa shape index (κ2) is 5.88. The summed E-state index contributed by atoms with van der Waals surface area (Å²) in [6.45, 7) is 15.4. The van der Waals surface area contributed by atoms with Crippen LogP contribution < -0.4 is 0 Å². The van der Waals surface area contributed by atoms with Gasteiger partial charge in [0.15, 0.2) is 0 Å². The van der Waals surface area contributed by atoms with E-state index in [2.05, 4.69) is 48.5 Å². The molecular formula is C14H29BO. The third-order valence-corrected chi connectivity index (χ3v) is 3.03. The summed E-state index contributed by atoms with van der Waals surface area (Å²) in [5.74, 6) is 0.207. The van der Waals surface area contributed by atoms with Crippen molar-refractivity contribution in [2.75, 3.05) is 0 Å². The normalized spacial score (nSPS) is 14.7. The van der Waals surface area contributed by atoms with Crippen LogP contribution in [0.4, 0.5) is 0 Å². The number of hydrogen-bond donors (Lipinski definition) is 0. The van der Waals surface area contributed by atoms with Gasteiger partial charge in [0.25, 0.3) is 0 Å². The fourth-order valence-electron chi connectivity index (χ4n) is 2.04. The summed E-state index contributed by atoms with van der Waals surface area (Å²) in [6.07, 6.45) is 3.15. The van der Waals surface area contributed by atoms with E-state index >= 15 is 0 Å². The molecule has 0 fully saturated rings. The first-order chi connectivity index (χ1) is 7.08. The van der Waals surface area contributed by atoms with Gasteiger partial charge < -0.3 is 4.79 Å². The van der Waals surface area contributed by atoms with E-state index in [1.54, 1.807) is 0 Å². The van der Waals surface area contributed by atoms with Crippen LogP contribution in [-0.2, 0) is 4.79 Å². The Kier molecular flexibility index (Phi) is 5.79. The van der Waals surface area contributed by atoms with Crippen molar-refractivity contribution in [2.24, 2.45) is 16.7 Å². The minimum absolute atomic E-state index is 0.0953. The van der Waals surface area contributed by atoms with Gasteiger partial charge in [-0.15, -0.1) is 0 Å². The van der Waals surface area contributed by atoms with Crippen molar-refractivity contribution in [3.8, 4) is 0 Å². The summed E-state index contributed by atoms with van der Waals surface area (Å²) < 4.78 is 0. The lowest BCUT2D eigenvalue weighted by molar-refractivity contribution is -0.119. The molecule has 0 aromatic carbocycles. The summed E-state index contributed by atoms with van der Waals surface area (Å²) in [5.41, 5.74) is 0.794. The summed E-state index contributed by atoms with van der Waals surface area (Å²) in [5, 5.41) is 0. The summed E-state index contributed by atoms with van der Waals surface area (Å²) in [6, 6.07) is 0. The van der Waals surface area contributed by atoms with E-state index in [0.717, 1.165) is 26.4 Å². The van der Waals surface area contributed by atoms with Gasteiger partial charge in [0, 0.05) is 5.92 Å². The second-order valence-corrected chi connectivity index (χ2v) is 7.25. The van der Waals surface area contributed by atoms with Gasteiger partial charge in [-0.2, -0.15) is 0 Å². The van der Waals surface area contributed by atoms with Crippen LogP contribution in [0.3, 0.4) is 0 Å². The molecule has 0 spiro atoms. The predicted molar refractivity (Wildman–Crippen MR) is 74.3 cm³/mol. The SMILES string of the molecule is CCCBC(=O)C(CC(C)(C)C)C(C)(C)C. The minimum atomic E-state index is 0.0953. The largest absolute Gasteiger partial charge is 0.311 e. The van der Waals surface area contributed by atoms with Crippen molar-refractivity contribution in [3.63, 3.8) is 0 Å². The van der Waals surface area contributed by atoms with E-state index in [-0.39, 0.29) is 16.7 Å². The molecule has 0 aromatic heterocycles. The van der Waals surface area contributed by atoms with Gasteiger partial charge in [0.05, 0.1) is 5.68 Å². The molecule has 0 bridgehead atoms. The van der Waals surface area contributed by atoms with E-state index in [1.165, 1.54) is 0 Å². The third kappa shape index (κ3) is 6.35. The first-order valence-electron chi connectivity index (χ1n) is 6.60. The maximum absolute atomic E-state index is 12.2. The maximum atomic E-state index is 12.2. The first kappa shape index (κ1) is 15.7. The van der Waals surface area contributed by atoms with Crippen LogP contribution in [0.2, 0.25) is 6.32 Å². The lowest BCUT2D eigenvalue weighted by atomic mass is 9.57. The Morgan fingerprint density at radius 3 is 1.94 bits per heavy atom. The quantitative estimate of drug-likeness (QED) is 0.648. The highest BCUT2D eigenvalue weighted by Crippen LogP contribution is 2.36. The zero-order valence-corrected chi connectivity index (χ0v) is 12.3. The van der Waals surface area contributed by atoms with Crippen molar-refractivity contribution in [3.05, 3.63) is 0 Å². The van der Waals surface area contributed by atoms with E-state index in [9.17, 15) is 4.79 Å². The zero-order chi connectivity index (χ0) is 13.0. The maximum Gasteiger partial charge on any atom is 0.205 e. The van der Waals surface area contributed by atoms with E-state index in [1.807, 2.05) is 0 Å². The van der Waals surface area contributed by atoms with Gasteiger partial charge >= 0.3 is 0 Å². The molecule has 0 rings (SSSR count). The Balaban J connectivity index is 4.62.